The summed E-state index contributed by atoms with van der Waals surface area (Å²) in [6.07, 6.45) is 11.1. The molecule has 0 radical (unpaired) electrons. The zero-order valence-electron chi connectivity index (χ0n) is 22.9. The van der Waals surface area contributed by atoms with Gasteiger partial charge in [0, 0.05) is 14.5 Å². The highest BCUT2D eigenvalue weighted by molar-refractivity contribution is 6.76. The van der Waals surface area contributed by atoms with Crippen molar-refractivity contribution in [1.82, 2.24) is 0 Å². The normalized spacial score (nSPS) is 17.7. The smallest absolute Gasteiger partial charge is 0.309 e. The van der Waals surface area contributed by atoms with Crippen LogP contribution in [-0.4, -0.2) is 33.4 Å². The molecule has 1 saturated heterocycles. The lowest BCUT2D eigenvalue weighted by Gasteiger charge is -2.18. The van der Waals surface area contributed by atoms with Crippen molar-refractivity contribution in [2.24, 2.45) is 5.92 Å². The quantitative estimate of drug-likeness (QED) is 0.129. The Kier molecular flexibility index (Phi) is 11.4. The number of esters is 1. The monoisotopic (exact) mass is 510 g/mol. The highest BCUT2D eigenvalue weighted by Crippen LogP contribution is 2.30. The number of ether oxygens (including phenoxy) is 3. The number of rotatable bonds is 16. The van der Waals surface area contributed by atoms with Gasteiger partial charge in [0.2, 0.25) is 0 Å². The van der Waals surface area contributed by atoms with Crippen LogP contribution in [-0.2, 0) is 9.53 Å². The second kappa shape index (κ2) is 14.5. The predicted octanol–water partition coefficient (Wildman–Crippen LogP) is 8.52. The maximum atomic E-state index is 12.2. The van der Waals surface area contributed by atoms with E-state index in [0.29, 0.717) is 6.61 Å². The largest absolute Gasteiger partial charge is 0.494 e. The highest BCUT2D eigenvalue weighted by atomic mass is 28.3. The summed E-state index contributed by atoms with van der Waals surface area (Å²) >= 11 is 0. The second-order valence-electron chi connectivity index (χ2n) is 11.4. The van der Waals surface area contributed by atoms with Crippen LogP contribution in [0.3, 0.4) is 0 Å². The lowest BCUT2D eigenvalue weighted by Crippen LogP contribution is -2.25. The molecule has 2 atom stereocenters. The molecule has 2 aromatic rings. The maximum absolute atomic E-state index is 12.2. The molecule has 0 N–H and O–H groups in total. The van der Waals surface area contributed by atoms with E-state index in [1.165, 1.54) is 44.9 Å². The van der Waals surface area contributed by atoms with E-state index in [1.54, 1.807) is 0 Å². The molecule has 1 fully saturated rings. The summed E-state index contributed by atoms with van der Waals surface area (Å²) in [6.45, 7) is 10.4. The van der Waals surface area contributed by atoms with Crippen molar-refractivity contribution in [1.29, 1.82) is 0 Å². The molecule has 5 heteroatoms. The van der Waals surface area contributed by atoms with E-state index >= 15 is 0 Å². The molecule has 0 aliphatic carbocycles. The second-order valence-corrected chi connectivity index (χ2v) is 17.0. The summed E-state index contributed by atoms with van der Waals surface area (Å²) in [5, 5.41) is 0. The van der Waals surface area contributed by atoms with Crippen LogP contribution in [0.5, 0.6) is 11.5 Å². The number of benzene rings is 2. The lowest BCUT2D eigenvalue weighted by atomic mass is 10.1. The molecule has 0 unspecified atom stereocenters. The highest BCUT2D eigenvalue weighted by Gasteiger charge is 2.37. The van der Waals surface area contributed by atoms with Gasteiger partial charge in [0.1, 0.15) is 24.2 Å². The van der Waals surface area contributed by atoms with Crippen molar-refractivity contribution < 1.29 is 19.0 Å². The first kappa shape index (κ1) is 28.3. The van der Waals surface area contributed by atoms with E-state index in [-0.39, 0.29) is 18.0 Å². The van der Waals surface area contributed by atoms with Crippen LogP contribution in [0.25, 0.3) is 11.1 Å². The molecule has 1 heterocycles. The van der Waals surface area contributed by atoms with Crippen LogP contribution in [0.15, 0.2) is 48.5 Å². The van der Waals surface area contributed by atoms with Crippen molar-refractivity contribution >= 4 is 14.0 Å². The van der Waals surface area contributed by atoms with E-state index in [9.17, 15) is 4.79 Å². The van der Waals surface area contributed by atoms with E-state index in [0.717, 1.165) is 48.1 Å². The minimum Gasteiger partial charge on any atom is -0.494 e. The summed E-state index contributed by atoms with van der Waals surface area (Å²) in [7, 11) is -1.29. The molecule has 1 aliphatic rings. The van der Waals surface area contributed by atoms with Gasteiger partial charge in [-0.2, -0.15) is 0 Å². The molecule has 36 heavy (non-hydrogen) atoms. The molecule has 0 saturated carbocycles. The first-order chi connectivity index (χ1) is 17.3. The average molecular weight is 511 g/mol. The summed E-state index contributed by atoms with van der Waals surface area (Å²) in [5.74, 6) is 1.72. The van der Waals surface area contributed by atoms with Crippen LogP contribution in [0.1, 0.15) is 64.7 Å². The molecule has 0 aromatic heterocycles. The van der Waals surface area contributed by atoms with Gasteiger partial charge in [-0.05, 0) is 47.9 Å². The zero-order valence-corrected chi connectivity index (χ0v) is 23.9. The number of carbonyl (C=O) groups is 1. The van der Waals surface area contributed by atoms with Gasteiger partial charge in [-0.15, -0.1) is 0 Å². The Morgan fingerprint density at radius 2 is 1.31 bits per heavy atom. The number of hydrogen-bond donors (Lipinski definition) is 0. The van der Waals surface area contributed by atoms with Crippen LogP contribution >= 0.6 is 0 Å². The lowest BCUT2D eigenvalue weighted by molar-refractivity contribution is -0.144. The SMILES string of the molecule is CCCCCCCCCCOc1ccc(-c2ccc(OC[C@@H]3C[C@@H](C[Si](C)(C)C)C(=O)O3)cc2)cc1. The van der Waals surface area contributed by atoms with E-state index < -0.39 is 8.07 Å². The Hall–Kier alpha value is -2.27. The standard InChI is InChI=1S/C31H46O4Si/c1-5-6-7-8-9-10-11-12-21-33-28-17-13-25(14-18-28)26-15-19-29(20-16-26)34-23-30-22-27(31(32)35-30)24-36(2,3)4/h13-20,27,30H,5-12,21-24H2,1-4H3/t27-,30-/m0/s1. The van der Waals surface area contributed by atoms with Crippen LogP contribution in [0.4, 0.5) is 0 Å². The molecule has 0 spiro atoms. The molecule has 198 valence electrons. The third kappa shape index (κ3) is 10.0. The van der Waals surface area contributed by atoms with E-state index in [2.05, 4.69) is 63.0 Å². The molecular weight excluding hydrogens is 464 g/mol. The van der Waals surface area contributed by atoms with Crippen molar-refractivity contribution in [3.63, 3.8) is 0 Å². The van der Waals surface area contributed by atoms with Gasteiger partial charge in [0.15, 0.2) is 0 Å². The Labute approximate surface area is 219 Å². The van der Waals surface area contributed by atoms with Crippen molar-refractivity contribution in [3.05, 3.63) is 48.5 Å². The third-order valence-corrected chi connectivity index (χ3v) is 8.48. The first-order valence-corrected chi connectivity index (χ1v) is 17.7. The van der Waals surface area contributed by atoms with Gasteiger partial charge >= 0.3 is 5.97 Å². The fourth-order valence-corrected chi connectivity index (χ4v) is 6.64. The Morgan fingerprint density at radius 3 is 1.86 bits per heavy atom. The number of hydrogen-bond acceptors (Lipinski definition) is 4. The van der Waals surface area contributed by atoms with Crippen molar-refractivity contribution in [2.75, 3.05) is 13.2 Å². The summed E-state index contributed by atoms with van der Waals surface area (Å²) in [6, 6.07) is 17.4. The van der Waals surface area contributed by atoms with Gasteiger partial charge in [0.05, 0.1) is 12.5 Å². The zero-order chi connectivity index (χ0) is 25.8. The topological polar surface area (TPSA) is 44.8 Å². The van der Waals surface area contributed by atoms with Crippen molar-refractivity contribution in [2.45, 2.75) is 96.5 Å². The fraction of sp³-hybridized carbons (Fsp3) is 0.581. The van der Waals surface area contributed by atoms with Gasteiger partial charge < -0.3 is 14.2 Å². The number of carbonyl (C=O) groups excluding carboxylic acids is 1. The fourth-order valence-electron chi connectivity index (χ4n) is 4.83. The Balaban J connectivity index is 1.36. The number of unbranched alkanes of at least 4 members (excludes halogenated alkanes) is 7. The van der Waals surface area contributed by atoms with Crippen LogP contribution in [0, 0.1) is 5.92 Å². The molecule has 2 aromatic carbocycles. The molecule has 1 aliphatic heterocycles. The van der Waals surface area contributed by atoms with E-state index in [1.807, 2.05) is 12.1 Å². The average Bonchev–Trinajstić information content (AvgIpc) is 3.20. The maximum Gasteiger partial charge on any atom is 0.309 e. The summed E-state index contributed by atoms with van der Waals surface area (Å²) < 4.78 is 17.4. The van der Waals surface area contributed by atoms with Crippen LogP contribution < -0.4 is 9.47 Å². The third-order valence-electron chi connectivity index (χ3n) is 6.77. The minimum absolute atomic E-state index is 0.0416. The molecule has 3 rings (SSSR count). The van der Waals surface area contributed by atoms with Crippen LogP contribution in [0.2, 0.25) is 25.7 Å². The molecule has 0 amide bonds. The van der Waals surface area contributed by atoms with Crippen molar-refractivity contribution in [3.8, 4) is 22.6 Å². The Morgan fingerprint density at radius 1 is 0.778 bits per heavy atom. The molecular formula is C31H46O4Si. The predicted molar refractivity (Wildman–Crippen MR) is 152 cm³/mol. The number of cyclic esters (lactones) is 1. The summed E-state index contributed by atoms with van der Waals surface area (Å²) in [5.41, 5.74) is 2.29. The van der Waals surface area contributed by atoms with E-state index in [4.69, 9.17) is 14.2 Å². The summed E-state index contributed by atoms with van der Waals surface area (Å²) in [4.78, 5) is 12.2. The van der Waals surface area contributed by atoms with Gasteiger partial charge in [0.25, 0.3) is 0 Å². The molecule has 0 bridgehead atoms. The van der Waals surface area contributed by atoms with Gasteiger partial charge in [-0.25, -0.2) is 0 Å². The Bertz CT molecular complexity index is 902. The first-order valence-electron chi connectivity index (χ1n) is 14.0. The molecule has 4 nitrogen and oxygen atoms in total. The van der Waals surface area contributed by atoms with Gasteiger partial charge in [-0.1, -0.05) is 95.8 Å². The minimum atomic E-state index is -1.29. The van der Waals surface area contributed by atoms with Gasteiger partial charge in [-0.3, -0.25) is 4.79 Å².